The first-order valence-corrected chi connectivity index (χ1v) is 9.99. The first-order chi connectivity index (χ1) is 12.3. The quantitative estimate of drug-likeness (QED) is 0.690. The molecule has 0 spiro atoms. The fourth-order valence-electron chi connectivity index (χ4n) is 4.35. The Morgan fingerprint density at radius 2 is 1.92 bits per heavy atom. The van der Waals surface area contributed by atoms with Crippen LogP contribution in [0.25, 0.3) is 0 Å². The number of nitrogens with zero attached hydrogens (tertiary/aromatic N) is 1. The van der Waals surface area contributed by atoms with E-state index in [1.54, 1.807) is 7.11 Å². The molecule has 1 atom stereocenters. The molecule has 1 aliphatic carbocycles. The second-order valence-corrected chi connectivity index (χ2v) is 7.49. The number of nitrogens with one attached hydrogen (secondary N) is 2. The minimum absolute atomic E-state index is 0.643. The molecule has 0 aromatic carbocycles. The van der Waals surface area contributed by atoms with Crippen LogP contribution in [0.1, 0.15) is 32.1 Å². The number of methoxy groups -OCH3 is 1. The van der Waals surface area contributed by atoms with Gasteiger partial charge in [-0.15, -0.1) is 0 Å². The van der Waals surface area contributed by atoms with Crippen molar-refractivity contribution in [3.8, 4) is 0 Å². The molecule has 142 valence electrons. The van der Waals surface area contributed by atoms with Gasteiger partial charge in [0.2, 0.25) is 0 Å². The number of piperidine rings is 1. The third-order valence-electron chi connectivity index (χ3n) is 5.93. The molecule has 5 nitrogen and oxygen atoms in total. The predicted molar refractivity (Wildman–Crippen MR) is 101 cm³/mol. The minimum atomic E-state index is 0.643. The average molecular weight is 350 g/mol. The van der Waals surface area contributed by atoms with Gasteiger partial charge in [-0.25, -0.2) is 0 Å². The van der Waals surface area contributed by atoms with Gasteiger partial charge in [-0.3, -0.25) is 0 Å². The summed E-state index contributed by atoms with van der Waals surface area (Å²) in [7, 11) is 3.81. The highest BCUT2D eigenvalue weighted by Crippen LogP contribution is 2.35. The molecule has 3 rings (SSSR count). The summed E-state index contributed by atoms with van der Waals surface area (Å²) in [5.74, 6) is 2.48. The van der Waals surface area contributed by atoms with Gasteiger partial charge in [0.1, 0.15) is 5.76 Å². The highest BCUT2D eigenvalue weighted by atomic mass is 16.5. The average Bonchev–Trinajstić information content (AvgIpc) is 2.69. The van der Waals surface area contributed by atoms with Gasteiger partial charge < -0.3 is 25.0 Å². The fourth-order valence-corrected chi connectivity index (χ4v) is 4.35. The van der Waals surface area contributed by atoms with E-state index < -0.39 is 0 Å². The number of ether oxygens (including phenoxy) is 2. The van der Waals surface area contributed by atoms with E-state index in [0.29, 0.717) is 12.0 Å². The summed E-state index contributed by atoms with van der Waals surface area (Å²) in [5.41, 5.74) is 1.33. The third-order valence-corrected chi connectivity index (χ3v) is 5.93. The SMILES string of the molecule is CNCCNC1CCN(C2=CC(C3CCOCC3)CC=C2OC)CC1. The number of hydrogen-bond acceptors (Lipinski definition) is 5. The van der Waals surface area contributed by atoms with Crippen molar-refractivity contribution in [3.63, 3.8) is 0 Å². The Kier molecular flexibility index (Phi) is 7.20. The molecule has 0 aromatic rings. The zero-order valence-corrected chi connectivity index (χ0v) is 15.9. The summed E-state index contributed by atoms with van der Waals surface area (Å²) >= 11 is 0. The lowest BCUT2D eigenvalue weighted by molar-refractivity contribution is 0.0529. The standard InChI is InChI=1S/C20H35N3O2/c1-21-9-10-22-18-5-11-23(12-6-18)19-15-17(3-4-20(19)24-2)16-7-13-25-14-8-16/h4,15-18,21-22H,3,5-14H2,1-2H3. The van der Waals surface area contributed by atoms with E-state index in [0.717, 1.165) is 57.5 Å². The van der Waals surface area contributed by atoms with Gasteiger partial charge in [0.25, 0.3) is 0 Å². The van der Waals surface area contributed by atoms with Gasteiger partial charge in [-0.05, 0) is 57.1 Å². The Hall–Kier alpha value is -1.04. The summed E-state index contributed by atoms with van der Waals surface area (Å²) in [5, 5.41) is 6.87. The van der Waals surface area contributed by atoms with E-state index >= 15 is 0 Å². The third kappa shape index (κ3) is 4.99. The number of hydrogen-bond donors (Lipinski definition) is 2. The zero-order valence-electron chi connectivity index (χ0n) is 15.9. The molecular weight excluding hydrogens is 314 g/mol. The highest BCUT2D eigenvalue weighted by Gasteiger charge is 2.29. The van der Waals surface area contributed by atoms with Gasteiger partial charge in [0.05, 0.1) is 12.8 Å². The van der Waals surface area contributed by atoms with Crippen LogP contribution in [0.3, 0.4) is 0 Å². The van der Waals surface area contributed by atoms with E-state index in [-0.39, 0.29) is 0 Å². The van der Waals surface area contributed by atoms with Crippen molar-refractivity contribution >= 4 is 0 Å². The van der Waals surface area contributed by atoms with Crippen LogP contribution in [0.15, 0.2) is 23.6 Å². The van der Waals surface area contributed by atoms with Crippen molar-refractivity contribution in [3.05, 3.63) is 23.6 Å². The summed E-state index contributed by atoms with van der Waals surface area (Å²) in [6, 6.07) is 0.648. The van der Waals surface area contributed by atoms with E-state index in [9.17, 15) is 0 Å². The highest BCUT2D eigenvalue weighted by molar-refractivity contribution is 5.30. The second kappa shape index (κ2) is 9.60. The molecule has 5 heteroatoms. The topological polar surface area (TPSA) is 45.8 Å². The van der Waals surface area contributed by atoms with Crippen LogP contribution in [0.4, 0.5) is 0 Å². The van der Waals surface area contributed by atoms with Crippen molar-refractivity contribution in [2.24, 2.45) is 11.8 Å². The first-order valence-electron chi connectivity index (χ1n) is 9.99. The van der Waals surface area contributed by atoms with Crippen molar-refractivity contribution in [2.45, 2.75) is 38.1 Å². The van der Waals surface area contributed by atoms with E-state index in [2.05, 4.69) is 27.7 Å². The maximum absolute atomic E-state index is 5.70. The van der Waals surface area contributed by atoms with Gasteiger partial charge in [0.15, 0.2) is 0 Å². The van der Waals surface area contributed by atoms with Crippen LogP contribution in [0.5, 0.6) is 0 Å². The molecule has 0 aromatic heterocycles. The van der Waals surface area contributed by atoms with Crippen molar-refractivity contribution < 1.29 is 9.47 Å². The van der Waals surface area contributed by atoms with Gasteiger partial charge in [-0.2, -0.15) is 0 Å². The summed E-state index contributed by atoms with van der Waals surface area (Å²) < 4.78 is 11.2. The molecule has 2 saturated heterocycles. The maximum atomic E-state index is 5.70. The molecule has 1 unspecified atom stereocenters. The van der Waals surface area contributed by atoms with E-state index in [1.807, 2.05) is 7.05 Å². The number of rotatable bonds is 7. The molecule has 0 amide bonds. The zero-order chi connectivity index (χ0) is 17.5. The van der Waals surface area contributed by atoms with Crippen molar-refractivity contribution in [2.75, 3.05) is 53.6 Å². The molecule has 3 aliphatic rings. The molecule has 0 bridgehead atoms. The Balaban J connectivity index is 1.58. The molecule has 2 N–H and O–H groups in total. The number of likely N-dealkylation sites (tertiary alicyclic amines) is 1. The van der Waals surface area contributed by atoms with Gasteiger partial charge in [0, 0.05) is 45.4 Å². The Labute approximate surface area is 152 Å². The smallest absolute Gasteiger partial charge is 0.137 e. The van der Waals surface area contributed by atoms with Crippen molar-refractivity contribution in [1.82, 2.24) is 15.5 Å². The molecule has 2 heterocycles. The van der Waals surface area contributed by atoms with E-state index in [4.69, 9.17) is 9.47 Å². The first kappa shape index (κ1) is 18.7. The number of allylic oxidation sites excluding steroid dienone is 2. The van der Waals surface area contributed by atoms with E-state index in [1.165, 1.54) is 31.4 Å². The molecule has 0 saturated carbocycles. The monoisotopic (exact) mass is 349 g/mol. The van der Waals surface area contributed by atoms with Crippen LogP contribution in [-0.2, 0) is 9.47 Å². The lowest BCUT2D eigenvalue weighted by atomic mass is 9.81. The summed E-state index contributed by atoms with van der Waals surface area (Å²) in [4.78, 5) is 2.54. The Bertz CT molecular complexity index is 464. The molecule has 25 heavy (non-hydrogen) atoms. The summed E-state index contributed by atoms with van der Waals surface area (Å²) in [6.07, 6.45) is 10.7. The Morgan fingerprint density at radius 3 is 2.60 bits per heavy atom. The van der Waals surface area contributed by atoms with Crippen LogP contribution in [0.2, 0.25) is 0 Å². The van der Waals surface area contributed by atoms with Crippen LogP contribution in [-0.4, -0.2) is 64.5 Å². The second-order valence-electron chi connectivity index (χ2n) is 7.49. The lowest BCUT2D eigenvalue weighted by Crippen LogP contribution is -2.44. The molecule has 2 aliphatic heterocycles. The number of likely N-dealkylation sites (N-methyl/N-ethyl adjacent to an activating group) is 1. The van der Waals surface area contributed by atoms with Crippen LogP contribution >= 0.6 is 0 Å². The summed E-state index contributed by atoms with van der Waals surface area (Å²) in [6.45, 7) is 6.17. The predicted octanol–water partition coefficient (Wildman–Crippen LogP) is 2.12. The maximum Gasteiger partial charge on any atom is 0.137 e. The Morgan fingerprint density at radius 1 is 1.16 bits per heavy atom. The van der Waals surface area contributed by atoms with Crippen LogP contribution < -0.4 is 10.6 Å². The molecule has 0 radical (unpaired) electrons. The lowest BCUT2D eigenvalue weighted by Gasteiger charge is -2.38. The van der Waals surface area contributed by atoms with Crippen molar-refractivity contribution in [1.29, 1.82) is 0 Å². The van der Waals surface area contributed by atoms with Gasteiger partial charge in [-0.1, -0.05) is 6.08 Å². The van der Waals surface area contributed by atoms with Gasteiger partial charge >= 0.3 is 0 Å². The largest absolute Gasteiger partial charge is 0.495 e. The fraction of sp³-hybridized carbons (Fsp3) is 0.800. The van der Waals surface area contributed by atoms with Crippen LogP contribution in [0, 0.1) is 11.8 Å². The molecule has 2 fully saturated rings. The normalized spacial score (nSPS) is 26.3. The minimum Gasteiger partial charge on any atom is -0.495 e. The molecular formula is C20H35N3O2.